The highest BCUT2D eigenvalue weighted by Crippen LogP contribution is 2.10. The summed E-state index contributed by atoms with van der Waals surface area (Å²) < 4.78 is 9.94. The van der Waals surface area contributed by atoms with Gasteiger partial charge in [-0.15, -0.1) is 0 Å². The molecule has 0 aromatic carbocycles. The van der Waals surface area contributed by atoms with Crippen LogP contribution in [0.25, 0.3) is 0 Å². The molecule has 1 amide bonds. The van der Waals surface area contributed by atoms with Gasteiger partial charge >= 0.3 is 12.1 Å². The maximum Gasteiger partial charge on any atom is 0.408 e. The minimum absolute atomic E-state index is 0.148. The van der Waals surface area contributed by atoms with Crippen LogP contribution in [0.3, 0.4) is 0 Å². The summed E-state index contributed by atoms with van der Waals surface area (Å²) in [5.74, 6) is -0.345. The summed E-state index contributed by atoms with van der Waals surface area (Å²) in [5.41, 5.74) is -0.0407. The van der Waals surface area contributed by atoms with E-state index in [1.807, 2.05) is 0 Å². The number of alkyl carbamates (subject to hydrolysis) is 1. The van der Waals surface area contributed by atoms with E-state index in [2.05, 4.69) is 5.32 Å². The molecular formula is C11H17NO4. The maximum atomic E-state index is 11.4. The van der Waals surface area contributed by atoms with Crippen molar-refractivity contribution in [3.63, 3.8) is 0 Å². The molecule has 0 radical (unpaired) electrons. The van der Waals surface area contributed by atoms with Crippen molar-refractivity contribution in [1.82, 2.24) is 5.32 Å². The molecule has 1 N–H and O–H groups in total. The minimum atomic E-state index is -0.534. The molecule has 0 fully saturated rings. The third-order valence-electron chi connectivity index (χ3n) is 1.87. The summed E-state index contributed by atoms with van der Waals surface area (Å²) in [6.45, 7) is 7.15. The SMILES string of the molecule is CC1=CC(NC(=O)OC(C)(C)C)COC1=O. The first-order valence-corrected chi connectivity index (χ1v) is 5.13. The number of carbonyl (C=O) groups excluding carboxylic acids is 2. The normalized spacial score (nSPS) is 20.9. The van der Waals surface area contributed by atoms with Gasteiger partial charge < -0.3 is 14.8 Å². The van der Waals surface area contributed by atoms with Gasteiger partial charge in [-0.05, 0) is 33.8 Å². The lowest BCUT2D eigenvalue weighted by Gasteiger charge is -2.24. The molecule has 1 unspecified atom stereocenters. The van der Waals surface area contributed by atoms with Gasteiger partial charge in [-0.25, -0.2) is 9.59 Å². The number of hydrogen-bond acceptors (Lipinski definition) is 4. The smallest absolute Gasteiger partial charge is 0.408 e. The van der Waals surface area contributed by atoms with Gasteiger partial charge in [-0.2, -0.15) is 0 Å². The fourth-order valence-electron chi connectivity index (χ4n) is 1.24. The Balaban J connectivity index is 2.50. The Labute approximate surface area is 94.8 Å². The highest BCUT2D eigenvalue weighted by molar-refractivity contribution is 5.88. The molecule has 0 bridgehead atoms. The number of cyclic esters (lactones) is 1. The van der Waals surface area contributed by atoms with Crippen LogP contribution in [0.4, 0.5) is 4.79 Å². The zero-order valence-corrected chi connectivity index (χ0v) is 9.99. The van der Waals surface area contributed by atoms with Gasteiger partial charge in [0.2, 0.25) is 0 Å². The van der Waals surface area contributed by atoms with E-state index in [1.54, 1.807) is 33.8 Å². The summed E-state index contributed by atoms with van der Waals surface area (Å²) in [5, 5.41) is 2.61. The van der Waals surface area contributed by atoms with Crippen molar-refractivity contribution >= 4 is 12.1 Å². The Morgan fingerprint density at radius 3 is 2.69 bits per heavy atom. The molecule has 1 rings (SSSR count). The Hall–Kier alpha value is -1.52. The molecule has 1 heterocycles. The summed E-state index contributed by atoms with van der Waals surface area (Å²) in [4.78, 5) is 22.4. The van der Waals surface area contributed by atoms with Gasteiger partial charge in [0.15, 0.2) is 0 Å². The second-order valence-electron chi connectivity index (χ2n) is 4.70. The Morgan fingerprint density at radius 1 is 1.56 bits per heavy atom. The average Bonchev–Trinajstić information content (AvgIpc) is 2.08. The molecule has 5 nitrogen and oxygen atoms in total. The highest BCUT2D eigenvalue weighted by atomic mass is 16.6. The van der Waals surface area contributed by atoms with Crippen LogP contribution in [0.15, 0.2) is 11.6 Å². The van der Waals surface area contributed by atoms with Crippen LogP contribution >= 0.6 is 0 Å². The molecule has 0 aromatic rings. The molecule has 0 saturated heterocycles. The molecule has 1 aliphatic rings. The third-order valence-corrected chi connectivity index (χ3v) is 1.87. The van der Waals surface area contributed by atoms with Crippen LogP contribution in [0.5, 0.6) is 0 Å². The topological polar surface area (TPSA) is 64.6 Å². The van der Waals surface area contributed by atoms with Crippen molar-refractivity contribution in [3.8, 4) is 0 Å². The van der Waals surface area contributed by atoms with E-state index < -0.39 is 11.7 Å². The van der Waals surface area contributed by atoms with E-state index in [4.69, 9.17) is 9.47 Å². The second kappa shape index (κ2) is 4.55. The number of ether oxygens (including phenoxy) is 2. The van der Waals surface area contributed by atoms with Gasteiger partial charge in [0, 0.05) is 5.57 Å². The number of hydrogen-bond donors (Lipinski definition) is 1. The van der Waals surface area contributed by atoms with E-state index in [0.29, 0.717) is 5.57 Å². The molecule has 0 aliphatic carbocycles. The van der Waals surface area contributed by atoms with Gasteiger partial charge in [0.1, 0.15) is 12.2 Å². The monoisotopic (exact) mass is 227 g/mol. The minimum Gasteiger partial charge on any atom is -0.460 e. The molecular weight excluding hydrogens is 210 g/mol. The van der Waals surface area contributed by atoms with Crippen molar-refractivity contribution in [2.75, 3.05) is 6.61 Å². The summed E-state index contributed by atoms with van der Waals surface area (Å²) in [6, 6.07) is -0.312. The van der Waals surface area contributed by atoms with Crippen LogP contribution in [-0.4, -0.2) is 30.3 Å². The number of rotatable bonds is 1. The number of carbonyl (C=O) groups is 2. The molecule has 0 aromatic heterocycles. The lowest BCUT2D eigenvalue weighted by Crippen LogP contribution is -2.42. The third kappa shape index (κ3) is 3.92. The number of esters is 1. The lowest BCUT2D eigenvalue weighted by molar-refractivity contribution is -0.140. The van der Waals surface area contributed by atoms with E-state index >= 15 is 0 Å². The lowest BCUT2D eigenvalue weighted by atomic mass is 10.1. The predicted molar refractivity (Wildman–Crippen MR) is 57.9 cm³/mol. The molecule has 0 spiro atoms. The average molecular weight is 227 g/mol. The Morgan fingerprint density at radius 2 is 2.19 bits per heavy atom. The first-order chi connectivity index (χ1) is 7.28. The van der Waals surface area contributed by atoms with Gasteiger partial charge in [-0.1, -0.05) is 0 Å². The Kier molecular flexibility index (Phi) is 3.57. The molecule has 90 valence electrons. The quantitative estimate of drug-likeness (QED) is 0.687. The first kappa shape index (κ1) is 12.5. The van der Waals surface area contributed by atoms with Crippen molar-refractivity contribution in [3.05, 3.63) is 11.6 Å². The van der Waals surface area contributed by atoms with Crippen LogP contribution in [0.1, 0.15) is 27.7 Å². The van der Waals surface area contributed by atoms with Gasteiger partial charge in [-0.3, -0.25) is 0 Å². The van der Waals surface area contributed by atoms with Crippen molar-refractivity contribution in [1.29, 1.82) is 0 Å². The molecule has 5 heteroatoms. The highest BCUT2D eigenvalue weighted by Gasteiger charge is 2.23. The van der Waals surface area contributed by atoms with Crippen LogP contribution < -0.4 is 5.32 Å². The molecule has 0 saturated carbocycles. The fraction of sp³-hybridized carbons (Fsp3) is 0.636. The van der Waals surface area contributed by atoms with E-state index in [9.17, 15) is 9.59 Å². The van der Waals surface area contributed by atoms with E-state index in [1.165, 1.54) is 0 Å². The summed E-state index contributed by atoms with van der Waals surface area (Å²) in [7, 11) is 0. The van der Waals surface area contributed by atoms with Crippen LogP contribution in [0.2, 0.25) is 0 Å². The summed E-state index contributed by atoms with van der Waals surface area (Å²) in [6.07, 6.45) is 1.15. The number of nitrogens with one attached hydrogen (secondary N) is 1. The zero-order valence-electron chi connectivity index (χ0n) is 9.99. The van der Waals surface area contributed by atoms with Gasteiger partial charge in [0.05, 0.1) is 6.04 Å². The maximum absolute atomic E-state index is 11.4. The Bertz CT molecular complexity index is 327. The zero-order chi connectivity index (χ0) is 12.3. The van der Waals surface area contributed by atoms with Crippen molar-refractivity contribution < 1.29 is 19.1 Å². The fourth-order valence-corrected chi connectivity index (χ4v) is 1.24. The molecule has 1 atom stereocenters. The number of amides is 1. The largest absolute Gasteiger partial charge is 0.460 e. The van der Waals surface area contributed by atoms with Crippen LogP contribution in [0, 0.1) is 0 Å². The van der Waals surface area contributed by atoms with Crippen molar-refractivity contribution in [2.45, 2.75) is 39.3 Å². The van der Waals surface area contributed by atoms with Crippen LogP contribution in [-0.2, 0) is 14.3 Å². The van der Waals surface area contributed by atoms with E-state index in [-0.39, 0.29) is 18.6 Å². The standard InChI is InChI=1S/C11H17NO4/c1-7-5-8(6-15-9(7)13)12-10(14)16-11(2,3)4/h5,8H,6H2,1-4H3,(H,12,14). The van der Waals surface area contributed by atoms with Gasteiger partial charge in [0.25, 0.3) is 0 Å². The first-order valence-electron chi connectivity index (χ1n) is 5.13. The van der Waals surface area contributed by atoms with Crippen molar-refractivity contribution in [2.24, 2.45) is 0 Å². The summed E-state index contributed by atoms with van der Waals surface area (Å²) >= 11 is 0. The molecule has 1 aliphatic heterocycles. The predicted octanol–water partition coefficient (Wildman–Crippen LogP) is 1.38. The second-order valence-corrected chi connectivity index (χ2v) is 4.70. The molecule has 16 heavy (non-hydrogen) atoms. The van der Waals surface area contributed by atoms with E-state index in [0.717, 1.165) is 0 Å².